The number of fused-ring (bicyclic) bond motifs is 1. The summed E-state index contributed by atoms with van der Waals surface area (Å²) < 4.78 is 37.0. The predicted molar refractivity (Wildman–Crippen MR) is 95.4 cm³/mol. The molecule has 6 nitrogen and oxygen atoms in total. The topological polar surface area (TPSA) is 89.1 Å². The van der Waals surface area contributed by atoms with E-state index in [0.717, 1.165) is 9.87 Å². The zero-order chi connectivity index (χ0) is 17.3. The molecule has 3 rings (SSSR count). The van der Waals surface area contributed by atoms with Crippen molar-refractivity contribution in [3.8, 4) is 11.1 Å². The first-order valence-electron chi connectivity index (χ1n) is 7.03. The molecule has 1 aromatic carbocycles. The van der Waals surface area contributed by atoms with Gasteiger partial charge in [0.1, 0.15) is 11.5 Å². The largest absolute Gasteiger partial charge is 0.760 e. The van der Waals surface area contributed by atoms with E-state index in [2.05, 4.69) is 9.97 Å². The summed E-state index contributed by atoms with van der Waals surface area (Å²) >= 11 is -2.41. The molecular weight excluding hydrogens is 369 g/mol. The third-order valence-electron chi connectivity index (χ3n) is 3.64. The molecule has 132 valence electrons. The van der Waals surface area contributed by atoms with Gasteiger partial charge in [-0.3, -0.25) is 9.00 Å². The van der Waals surface area contributed by atoms with E-state index in [9.17, 15) is 17.9 Å². The van der Waals surface area contributed by atoms with Crippen LogP contribution in [0, 0.1) is 5.82 Å². The van der Waals surface area contributed by atoms with E-state index in [0.29, 0.717) is 16.6 Å². The first-order chi connectivity index (χ1) is 11.5. The molecule has 0 aliphatic carbocycles. The molecule has 0 aliphatic heterocycles. The molecule has 2 aromatic heterocycles. The summed E-state index contributed by atoms with van der Waals surface area (Å²) in [7, 11) is 1.36. The van der Waals surface area contributed by atoms with E-state index in [-0.39, 0.29) is 30.1 Å². The lowest BCUT2D eigenvalue weighted by Crippen LogP contribution is -2.20. The van der Waals surface area contributed by atoms with Gasteiger partial charge in [0, 0.05) is 41.0 Å². The lowest BCUT2D eigenvalue weighted by Gasteiger charge is -2.19. The molecule has 1 atom stereocenters. The van der Waals surface area contributed by atoms with E-state index in [4.69, 9.17) is 0 Å². The minimum Gasteiger partial charge on any atom is -0.760 e. The Labute approximate surface area is 151 Å². The van der Waals surface area contributed by atoms with Crippen LogP contribution in [0.1, 0.15) is 5.56 Å². The molecule has 0 amide bonds. The second kappa shape index (κ2) is 7.83. The highest BCUT2D eigenvalue weighted by Gasteiger charge is 2.10. The van der Waals surface area contributed by atoms with E-state index >= 15 is 0 Å². The SMILES string of the molecule is CN(Cc1ccc(-c2ccnc3[nH]c(=O)ccc23)cc1F)S(=O)[O-].Cl. The van der Waals surface area contributed by atoms with Gasteiger partial charge in [-0.05, 0) is 36.4 Å². The van der Waals surface area contributed by atoms with Crippen molar-refractivity contribution in [2.24, 2.45) is 0 Å². The van der Waals surface area contributed by atoms with Crippen molar-refractivity contribution >= 4 is 34.7 Å². The highest BCUT2D eigenvalue weighted by atomic mass is 35.5. The average molecular weight is 383 g/mol. The number of aromatic nitrogens is 2. The highest BCUT2D eigenvalue weighted by Crippen LogP contribution is 2.27. The molecule has 0 spiro atoms. The van der Waals surface area contributed by atoms with Crippen LogP contribution in [0.2, 0.25) is 0 Å². The monoisotopic (exact) mass is 382 g/mol. The Morgan fingerprint density at radius 1 is 1.28 bits per heavy atom. The van der Waals surface area contributed by atoms with Gasteiger partial charge >= 0.3 is 0 Å². The summed E-state index contributed by atoms with van der Waals surface area (Å²) in [6.45, 7) is -0.0490. The Hall–Kier alpha value is -2.13. The maximum absolute atomic E-state index is 14.3. The normalized spacial score (nSPS) is 12.2. The Morgan fingerprint density at radius 2 is 2.04 bits per heavy atom. The summed E-state index contributed by atoms with van der Waals surface area (Å²) in [5, 5.41) is 0.696. The molecular formula is C16H14ClFN3O3S-. The third-order valence-corrected chi connectivity index (χ3v) is 4.28. The Kier molecular flexibility index (Phi) is 6.02. The van der Waals surface area contributed by atoms with Crippen LogP contribution in [-0.4, -0.2) is 30.1 Å². The Morgan fingerprint density at radius 3 is 2.72 bits per heavy atom. The molecule has 0 radical (unpaired) electrons. The third kappa shape index (κ3) is 4.10. The molecule has 9 heteroatoms. The maximum atomic E-state index is 14.3. The van der Waals surface area contributed by atoms with Crippen molar-refractivity contribution in [3.63, 3.8) is 0 Å². The zero-order valence-corrected chi connectivity index (χ0v) is 14.7. The molecule has 0 fully saturated rings. The molecule has 1 unspecified atom stereocenters. The molecule has 25 heavy (non-hydrogen) atoms. The number of pyridine rings is 2. The van der Waals surface area contributed by atoms with Crippen LogP contribution in [0.5, 0.6) is 0 Å². The molecule has 0 saturated carbocycles. The van der Waals surface area contributed by atoms with Crippen LogP contribution in [0.15, 0.2) is 47.4 Å². The number of halogens is 2. The molecule has 0 saturated heterocycles. The quantitative estimate of drug-likeness (QED) is 0.701. The summed E-state index contributed by atoms with van der Waals surface area (Å²) in [5.74, 6) is -0.501. The van der Waals surface area contributed by atoms with Gasteiger partial charge in [0.25, 0.3) is 0 Å². The average Bonchev–Trinajstić information content (AvgIpc) is 2.55. The fraction of sp³-hybridized carbons (Fsp3) is 0.125. The first kappa shape index (κ1) is 19.2. The second-order valence-corrected chi connectivity index (χ2v) is 6.31. The molecule has 3 aromatic rings. The lowest BCUT2D eigenvalue weighted by molar-refractivity contribution is 0.424. The standard InChI is InChI=1S/C16H14FN3O3S.ClH/c1-20(24(22)23)9-11-3-2-10(8-14(11)17)12-6-7-18-16-13(12)4-5-15(21)19-16;/h2-8H,9H2,1H3,(H,22,23)(H,18,19,21);1H/p-1. The summed E-state index contributed by atoms with van der Waals surface area (Å²) in [6, 6.07) is 9.35. The van der Waals surface area contributed by atoms with Crippen molar-refractivity contribution in [1.82, 2.24) is 14.3 Å². The number of nitrogens with zero attached hydrogens (tertiary/aromatic N) is 2. The Bertz CT molecular complexity index is 996. The van der Waals surface area contributed by atoms with Crippen LogP contribution < -0.4 is 5.56 Å². The van der Waals surface area contributed by atoms with E-state index in [1.807, 2.05) is 0 Å². The van der Waals surface area contributed by atoms with Crippen molar-refractivity contribution < 1.29 is 13.2 Å². The van der Waals surface area contributed by atoms with Crippen molar-refractivity contribution in [1.29, 1.82) is 0 Å². The zero-order valence-electron chi connectivity index (χ0n) is 13.1. The highest BCUT2D eigenvalue weighted by molar-refractivity contribution is 7.76. The lowest BCUT2D eigenvalue weighted by atomic mass is 10.0. The summed E-state index contributed by atoms with van der Waals surface area (Å²) in [6.07, 6.45) is 1.54. The van der Waals surface area contributed by atoms with Gasteiger partial charge in [0.05, 0.1) is 0 Å². The van der Waals surface area contributed by atoms with Crippen LogP contribution in [0.4, 0.5) is 4.39 Å². The van der Waals surface area contributed by atoms with Crippen LogP contribution in [0.3, 0.4) is 0 Å². The molecule has 1 N–H and O–H groups in total. The van der Waals surface area contributed by atoms with Crippen molar-refractivity contribution in [3.05, 3.63) is 64.3 Å². The molecule has 2 heterocycles. The van der Waals surface area contributed by atoms with Gasteiger partial charge in [-0.15, -0.1) is 12.4 Å². The number of nitrogens with one attached hydrogen (secondary N) is 1. The van der Waals surface area contributed by atoms with Crippen molar-refractivity contribution in [2.75, 3.05) is 7.05 Å². The van der Waals surface area contributed by atoms with E-state index < -0.39 is 17.1 Å². The number of rotatable bonds is 4. The molecule has 0 bridgehead atoms. The van der Waals surface area contributed by atoms with Gasteiger partial charge in [-0.25, -0.2) is 13.7 Å². The predicted octanol–water partition coefficient (Wildman–Crippen LogP) is 2.38. The van der Waals surface area contributed by atoms with Crippen LogP contribution in [-0.2, 0) is 17.8 Å². The number of hydrogen-bond acceptors (Lipinski definition) is 4. The second-order valence-electron chi connectivity index (χ2n) is 5.25. The van der Waals surface area contributed by atoms with E-state index in [1.54, 1.807) is 24.3 Å². The van der Waals surface area contributed by atoms with E-state index in [1.165, 1.54) is 25.4 Å². The fourth-order valence-corrected chi connectivity index (χ4v) is 2.69. The maximum Gasteiger partial charge on any atom is 0.249 e. The van der Waals surface area contributed by atoms with Crippen LogP contribution >= 0.6 is 12.4 Å². The molecule has 0 aliphatic rings. The van der Waals surface area contributed by atoms with Crippen molar-refractivity contribution in [2.45, 2.75) is 6.54 Å². The van der Waals surface area contributed by atoms with Crippen LogP contribution in [0.25, 0.3) is 22.2 Å². The van der Waals surface area contributed by atoms with Gasteiger partial charge in [0.2, 0.25) is 5.56 Å². The summed E-state index contributed by atoms with van der Waals surface area (Å²) in [4.78, 5) is 18.1. The first-order valence-corrected chi connectivity index (χ1v) is 8.06. The van der Waals surface area contributed by atoms with Gasteiger partial charge in [0.15, 0.2) is 0 Å². The number of aromatic amines is 1. The fourth-order valence-electron chi connectivity index (χ4n) is 2.45. The Balaban J connectivity index is 0.00000225. The van der Waals surface area contributed by atoms with Gasteiger partial charge < -0.3 is 9.54 Å². The smallest absolute Gasteiger partial charge is 0.249 e. The minimum absolute atomic E-state index is 0. The summed E-state index contributed by atoms with van der Waals surface area (Å²) in [5.41, 5.74) is 1.77. The number of hydrogen-bond donors (Lipinski definition) is 1. The van der Waals surface area contributed by atoms with Gasteiger partial charge in [-0.2, -0.15) is 0 Å². The number of H-pyrrole nitrogens is 1. The number of benzene rings is 1. The van der Waals surface area contributed by atoms with Gasteiger partial charge in [-0.1, -0.05) is 12.1 Å². The minimum atomic E-state index is -2.41.